The summed E-state index contributed by atoms with van der Waals surface area (Å²) in [6, 6.07) is 1.16. The average Bonchev–Trinajstić information content (AvgIpc) is 2.20. The first-order valence-electron chi connectivity index (χ1n) is 4.50. The van der Waals surface area contributed by atoms with Crippen molar-refractivity contribution in [2.45, 2.75) is 0 Å². The highest BCUT2D eigenvalue weighted by atomic mass is 31.3. The largest absolute Gasteiger partial charge is 0.538 e. The highest BCUT2D eigenvalue weighted by Crippen LogP contribution is 2.57. The van der Waals surface area contributed by atoms with Gasteiger partial charge in [0.1, 0.15) is 0 Å². The number of carbonyl (C=O) groups excluding carboxylic acids is 1. The van der Waals surface area contributed by atoms with Crippen molar-refractivity contribution in [3.8, 4) is 17.2 Å². The molecule has 13 heteroatoms. The van der Waals surface area contributed by atoms with Crippen molar-refractivity contribution in [3.05, 3.63) is 17.7 Å². The zero-order valence-electron chi connectivity index (χ0n) is 9.27. The van der Waals surface area contributed by atoms with Crippen LogP contribution >= 0.6 is 15.6 Å². The third-order valence-electron chi connectivity index (χ3n) is 1.71. The van der Waals surface area contributed by atoms with Crippen molar-refractivity contribution >= 4 is 21.6 Å². The predicted octanol–water partition coefficient (Wildman–Crippen LogP) is 0.170. The second-order valence-electron chi connectivity index (χ2n) is 3.28. The molecule has 11 nitrogen and oxygen atoms in total. The van der Waals surface area contributed by atoms with Gasteiger partial charge in [-0.3, -0.25) is 4.89 Å². The van der Waals surface area contributed by atoms with Gasteiger partial charge in [0, 0.05) is 0 Å². The lowest BCUT2D eigenvalue weighted by atomic mass is 10.2. The molecule has 20 heavy (non-hydrogen) atoms. The molecule has 1 rings (SSSR count). The fourth-order valence-corrected chi connectivity index (χ4v) is 2.55. The van der Waals surface area contributed by atoms with Gasteiger partial charge < -0.3 is 29.6 Å². The van der Waals surface area contributed by atoms with Gasteiger partial charge in [0.2, 0.25) is 0 Å². The Kier molecular flexibility index (Phi) is 4.45. The highest BCUT2D eigenvalue weighted by molar-refractivity contribution is 7.61. The monoisotopic (exact) mass is 330 g/mol. The number of phenols is 3. The van der Waals surface area contributed by atoms with Crippen molar-refractivity contribution in [2.75, 3.05) is 0 Å². The molecule has 0 spiro atoms. The molecule has 1 unspecified atom stereocenters. The van der Waals surface area contributed by atoms with E-state index < -0.39 is 44.4 Å². The van der Waals surface area contributed by atoms with E-state index in [0.29, 0.717) is 12.1 Å². The summed E-state index contributed by atoms with van der Waals surface area (Å²) in [6.45, 7) is 0. The molecule has 0 aliphatic carbocycles. The van der Waals surface area contributed by atoms with Gasteiger partial charge in [-0.25, -0.2) is 13.9 Å². The minimum absolute atomic E-state index is 0.578. The lowest BCUT2D eigenvalue weighted by molar-refractivity contribution is 0.0675. The van der Waals surface area contributed by atoms with Crippen LogP contribution in [0.4, 0.5) is 0 Å². The molecule has 0 heterocycles. The van der Waals surface area contributed by atoms with Gasteiger partial charge in [-0.05, 0) is 12.1 Å². The maximum Gasteiger partial charge on any atom is 0.538 e. The molecule has 0 aliphatic rings. The molecule has 0 amide bonds. The molecule has 0 fully saturated rings. The molecule has 1 aromatic carbocycles. The fourth-order valence-electron chi connectivity index (χ4n) is 1.03. The van der Waals surface area contributed by atoms with E-state index in [0.717, 1.165) is 0 Å². The van der Waals surface area contributed by atoms with E-state index in [9.17, 15) is 13.9 Å². The Morgan fingerprint density at radius 1 is 1.00 bits per heavy atom. The predicted molar refractivity (Wildman–Crippen MR) is 59.8 cm³/mol. The molecule has 0 aromatic heterocycles. The van der Waals surface area contributed by atoms with Gasteiger partial charge in [-0.1, -0.05) is 0 Å². The summed E-state index contributed by atoms with van der Waals surface area (Å²) in [6.07, 6.45) is 0. The molecule has 6 N–H and O–H groups in total. The van der Waals surface area contributed by atoms with Crippen LogP contribution in [0.5, 0.6) is 17.2 Å². The van der Waals surface area contributed by atoms with Crippen LogP contribution in [0.3, 0.4) is 0 Å². The summed E-state index contributed by atoms with van der Waals surface area (Å²) < 4.78 is 28.6. The Bertz CT molecular complexity index is 609. The molecular weight excluding hydrogens is 322 g/mol. The standard InChI is InChI=1S/C7H8O11P2/c8-4-1-3(2-5(9)6(4)10)7(11)17-20(15,16)18-19(12,13)14/h1-2,8-10H,(H,15,16)(H2,12,13,14). The number of hydrogen-bond acceptors (Lipinski definition) is 8. The molecule has 0 aliphatic heterocycles. The summed E-state index contributed by atoms with van der Waals surface area (Å²) in [4.78, 5) is 36.9. The number of phosphoric acid groups is 2. The number of hydrogen-bond donors (Lipinski definition) is 6. The zero-order valence-corrected chi connectivity index (χ0v) is 11.1. The van der Waals surface area contributed by atoms with Gasteiger partial charge >= 0.3 is 21.6 Å². The number of carbonyl (C=O) groups is 1. The van der Waals surface area contributed by atoms with Gasteiger partial charge in [0.15, 0.2) is 17.2 Å². The van der Waals surface area contributed by atoms with E-state index in [1.54, 1.807) is 0 Å². The molecule has 1 aromatic rings. The lowest BCUT2D eigenvalue weighted by Gasteiger charge is -2.12. The topological polar surface area (TPSA) is 191 Å². The zero-order chi connectivity index (χ0) is 15.7. The molecular formula is C7H8O11P2. The van der Waals surface area contributed by atoms with E-state index in [4.69, 9.17) is 30.0 Å². The molecule has 1 atom stereocenters. The Morgan fingerprint density at radius 2 is 1.45 bits per heavy atom. The Labute approximate surface area is 110 Å². The summed E-state index contributed by atoms with van der Waals surface area (Å²) >= 11 is 0. The number of phenolic OH excluding ortho intramolecular Hbond substituents is 3. The smallest absolute Gasteiger partial charge is 0.504 e. The molecule has 0 saturated heterocycles. The molecule has 0 bridgehead atoms. The maximum absolute atomic E-state index is 11.4. The molecule has 0 radical (unpaired) electrons. The van der Waals surface area contributed by atoms with Gasteiger partial charge in [-0.15, -0.1) is 0 Å². The molecule has 0 saturated carbocycles. The van der Waals surface area contributed by atoms with Crippen LogP contribution in [0.2, 0.25) is 0 Å². The van der Waals surface area contributed by atoms with Crippen molar-refractivity contribution in [1.29, 1.82) is 0 Å². The van der Waals surface area contributed by atoms with Crippen molar-refractivity contribution in [2.24, 2.45) is 0 Å². The number of rotatable bonds is 4. The van der Waals surface area contributed by atoms with Crippen LogP contribution in [0.15, 0.2) is 12.1 Å². The van der Waals surface area contributed by atoms with Crippen LogP contribution in [0.25, 0.3) is 0 Å². The third-order valence-corrected chi connectivity index (χ3v) is 3.79. The summed E-state index contributed by atoms with van der Waals surface area (Å²) in [5.41, 5.74) is -0.679. The van der Waals surface area contributed by atoms with Crippen molar-refractivity contribution in [1.82, 2.24) is 0 Å². The first-order valence-corrected chi connectivity index (χ1v) is 7.52. The minimum Gasteiger partial charge on any atom is -0.504 e. The number of aromatic hydroxyl groups is 3. The Morgan fingerprint density at radius 3 is 1.85 bits per heavy atom. The first-order chi connectivity index (χ1) is 8.91. The van der Waals surface area contributed by atoms with Crippen LogP contribution in [-0.2, 0) is 18.0 Å². The van der Waals surface area contributed by atoms with Crippen LogP contribution in [0.1, 0.15) is 10.4 Å². The Balaban J connectivity index is 2.98. The fraction of sp³-hybridized carbons (Fsp3) is 0. The Hall–Kier alpha value is -1.61. The number of phosphoric ester groups is 1. The third kappa shape index (κ3) is 4.49. The second kappa shape index (κ2) is 5.41. The van der Waals surface area contributed by atoms with E-state index in [-0.39, 0.29) is 0 Å². The first kappa shape index (κ1) is 16.4. The normalized spacial score (nSPS) is 14.6. The second-order valence-corrected chi connectivity index (χ2v) is 6.04. The lowest BCUT2D eigenvalue weighted by Crippen LogP contribution is -2.04. The van der Waals surface area contributed by atoms with E-state index in [1.165, 1.54) is 0 Å². The average molecular weight is 330 g/mol. The van der Waals surface area contributed by atoms with Crippen LogP contribution < -0.4 is 0 Å². The van der Waals surface area contributed by atoms with E-state index >= 15 is 0 Å². The van der Waals surface area contributed by atoms with Crippen molar-refractivity contribution < 1.29 is 52.8 Å². The highest BCUT2D eigenvalue weighted by Gasteiger charge is 2.36. The van der Waals surface area contributed by atoms with E-state index in [2.05, 4.69) is 8.83 Å². The quantitative estimate of drug-likeness (QED) is 0.325. The van der Waals surface area contributed by atoms with Crippen LogP contribution in [-0.4, -0.2) is 36.0 Å². The summed E-state index contributed by atoms with van der Waals surface area (Å²) in [5.74, 6) is -4.45. The van der Waals surface area contributed by atoms with Gasteiger partial charge in [0.05, 0.1) is 5.56 Å². The summed E-state index contributed by atoms with van der Waals surface area (Å²) in [5, 5.41) is 27.2. The van der Waals surface area contributed by atoms with Gasteiger partial charge in [-0.2, -0.15) is 4.31 Å². The summed E-state index contributed by atoms with van der Waals surface area (Å²) in [7, 11) is -10.8. The van der Waals surface area contributed by atoms with Gasteiger partial charge in [0.25, 0.3) is 0 Å². The van der Waals surface area contributed by atoms with Crippen molar-refractivity contribution in [3.63, 3.8) is 0 Å². The number of benzene rings is 1. The SMILES string of the molecule is O=C(OP(=O)(O)OP(=O)(O)O)c1cc(O)c(O)c(O)c1. The van der Waals surface area contributed by atoms with E-state index in [1.807, 2.05) is 0 Å². The van der Waals surface area contributed by atoms with Crippen LogP contribution in [0, 0.1) is 0 Å². The minimum atomic E-state index is -5.42. The maximum atomic E-state index is 11.4. The molecule has 112 valence electrons.